The highest BCUT2D eigenvalue weighted by molar-refractivity contribution is 7.83. The zero-order chi connectivity index (χ0) is 15.4. The lowest BCUT2D eigenvalue weighted by molar-refractivity contribution is 0.101. The minimum Gasteiger partial charge on any atom is -0.505 e. The Balaban J connectivity index is 2.26. The van der Waals surface area contributed by atoms with Crippen LogP contribution in [0.15, 0.2) is 36.5 Å². The molecule has 1 heterocycles. The van der Waals surface area contributed by atoms with Crippen LogP contribution < -0.4 is 5.32 Å². The fraction of sp³-hybridized carbons (Fsp3) is 0.200. The van der Waals surface area contributed by atoms with Gasteiger partial charge in [-0.05, 0) is 36.2 Å². The summed E-state index contributed by atoms with van der Waals surface area (Å²) in [5.41, 5.74) is 2.37. The zero-order valence-electron chi connectivity index (χ0n) is 11.8. The highest BCUT2D eigenvalue weighted by atomic mass is 32.2. The molecule has 1 amide bonds. The SMILES string of the molecule is Cc1c(CS(C)=O)cccc1NC(=O)c1ncccc1O. The van der Waals surface area contributed by atoms with Crippen LogP contribution in [-0.2, 0) is 16.6 Å². The standard InChI is InChI=1S/C15H16N2O3S/c1-10-11(9-21(2)20)5-3-6-12(10)17-15(19)14-13(18)7-4-8-16-14/h3-8,18H,9H2,1-2H3,(H,17,19). The van der Waals surface area contributed by atoms with Crippen LogP contribution in [-0.4, -0.2) is 26.5 Å². The van der Waals surface area contributed by atoms with Crippen molar-refractivity contribution in [1.29, 1.82) is 0 Å². The first kappa shape index (κ1) is 15.2. The van der Waals surface area contributed by atoms with Crippen LogP contribution in [0, 0.1) is 6.92 Å². The molecule has 0 spiro atoms. The van der Waals surface area contributed by atoms with E-state index in [0.29, 0.717) is 11.4 Å². The minimum absolute atomic E-state index is 0.0265. The molecule has 0 radical (unpaired) electrons. The first-order chi connectivity index (χ1) is 9.99. The second kappa shape index (κ2) is 6.49. The predicted molar refractivity (Wildman–Crippen MR) is 82.8 cm³/mol. The lowest BCUT2D eigenvalue weighted by atomic mass is 10.1. The number of aromatic nitrogens is 1. The molecule has 5 nitrogen and oxygen atoms in total. The van der Waals surface area contributed by atoms with Crippen molar-refractivity contribution in [3.8, 4) is 5.75 Å². The van der Waals surface area contributed by atoms with Crippen molar-refractivity contribution >= 4 is 22.4 Å². The first-order valence-corrected chi connectivity index (χ1v) is 8.05. The third-order valence-corrected chi connectivity index (χ3v) is 3.77. The van der Waals surface area contributed by atoms with Gasteiger partial charge in [0.05, 0.1) is 0 Å². The molecule has 0 fully saturated rings. The number of benzene rings is 1. The highest BCUT2D eigenvalue weighted by Gasteiger charge is 2.14. The summed E-state index contributed by atoms with van der Waals surface area (Å²) in [6.45, 7) is 1.86. The van der Waals surface area contributed by atoms with E-state index in [1.165, 1.54) is 12.3 Å². The van der Waals surface area contributed by atoms with Gasteiger partial charge < -0.3 is 10.4 Å². The van der Waals surface area contributed by atoms with Gasteiger partial charge in [-0.15, -0.1) is 0 Å². The van der Waals surface area contributed by atoms with Crippen molar-refractivity contribution in [2.75, 3.05) is 11.6 Å². The molecule has 2 rings (SSSR count). The van der Waals surface area contributed by atoms with Crippen LogP contribution in [0.4, 0.5) is 5.69 Å². The summed E-state index contributed by atoms with van der Waals surface area (Å²) in [5.74, 6) is -0.214. The number of nitrogens with zero attached hydrogens (tertiary/aromatic N) is 1. The van der Waals surface area contributed by atoms with Gasteiger partial charge in [-0.2, -0.15) is 0 Å². The molecule has 0 aliphatic rings. The molecule has 1 atom stereocenters. The summed E-state index contributed by atoms with van der Waals surface area (Å²) < 4.78 is 11.3. The van der Waals surface area contributed by atoms with E-state index in [2.05, 4.69) is 10.3 Å². The number of anilines is 1. The molecule has 0 saturated carbocycles. The largest absolute Gasteiger partial charge is 0.505 e. The van der Waals surface area contributed by atoms with Crippen LogP contribution in [0.3, 0.4) is 0 Å². The lowest BCUT2D eigenvalue weighted by Crippen LogP contribution is -2.15. The van der Waals surface area contributed by atoms with Crippen LogP contribution >= 0.6 is 0 Å². The van der Waals surface area contributed by atoms with E-state index in [1.807, 2.05) is 13.0 Å². The Morgan fingerprint density at radius 3 is 2.76 bits per heavy atom. The summed E-state index contributed by atoms with van der Waals surface area (Å²) >= 11 is 0. The van der Waals surface area contributed by atoms with Gasteiger partial charge in [-0.3, -0.25) is 9.00 Å². The number of rotatable bonds is 4. The molecule has 110 valence electrons. The van der Waals surface area contributed by atoms with Crippen molar-refractivity contribution < 1.29 is 14.1 Å². The van der Waals surface area contributed by atoms with E-state index in [-0.39, 0.29) is 11.4 Å². The smallest absolute Gasteiger partial charge is 0.278 e. The molecule has 2 N–H and O–H groups in total. The van der Waals surface area contributed by atoms with E-state index in [0.717, 1.165) is 11.1 Å². The number of hydrogen-bond donors (Lipinski definition) is 2. The fourth-order valence-corrected chi connectivity index (χ4v) is 2.70. The normalized spacial score (nSPS) is 11.9. The van der Waals surface area contributed by atoms with Gasteiger partial charge >= 0.3 is 0 Å². The first-order valence-electron chi connectivity index (χ1n) is 6.33. The summed E-state index contributed by atoms with van der Waals surface area (Å²) in [6, 6.07) is 8.39. The zero-order valence-corrected chi connectivity index (χ0v) is 12.6. The maximum Gasteiger partial charge on any atom is 0.278 e. The quantitative estimate of drug-likeness (QED) is 0.908. The minimum atomic E-state index is -0.952. The van der Waals surface area contributed by atoms with E-state index in [1.54, 1.807) is 24.5 Å². The third kappa shape index (κ3) is 3.66. The van der Waals surface area contributed by atoms with Crippen molar-refractivity contribution in [3.05, 3.63) is 53.3 Å². The van der Waals surface area contributed by atoms with E-state index < -0.39 is 16.7 Å². The number of nitrogens with one attached hydrogen (secondary N) is 1. The van der Waals surface area contributed by atoms with Gasteiger partial charge in [0.15, 0.2) is 5.69 Å². The molecule has 1 aromatic heterocycles. The topological polar surface area (TPSA) is 79.3 Å². The van der Waals surface area contributed by atoms with Gasteiger partial charge in [0, 0.05) is 34.7 Å². The number of carbonyl (C=O) groups excluding carboxylic acids is 1. The molecular formula is C15H16N2O3S. The number of hydrogen-bond acceptors (Lipinski definition) is 4. The average molecular weight is 304 g/mol. The van der Waals surface area contributed by atoms with E-state index in [4.69, 9.17) is 0 Å². The Hall–Kier alpha value is -2.21. The Bertz CT molecular complexity index is 701. The second-order valence-corrected chi connectivity index (χ2v) is 6.07. The molecule has 0 bridgehead atoms. The van der Waals surface area contributed by atoms with Crippen molar-refractivity contribution in [3.63, 3.8) is 0 Å². The summed E-state index contributed by atoms with van der Waals surface area (Å²) in [5, 5.41) is 12.4. The highest BCUT2D eigenvalue weighted by Crippen LogP contribution is 2.22. The number of carbonyl (C=O) groups is 1. The fourth-order valence-electron chi connectivity index (χ4n) is 1.95. The molecule has 2 aromatic rings. The van der Waals surface area contributed by atoms with Gasteiger partial charge in [0.2, 0.25) is 0 Å². The summed E-state index contributed by atoms with van der Waals surface area (Å²) in [6.07, 6.45) is 3.08. The van der Waals surface area contributed by atoms with Gasteiger partial charge in [0.25, 0.3) is 5.91 Å². The molecule has 1 unspecified atom stereocenters. The van der Waals surface area contributed by atoms with Gasteiger partial charge in [-0.25, -0.2) is 4.98 Å². The van der Waals surface area contributed by atoms with E-state index >= 15 is 0 Å². The van der Waals surface area contributed by atoms with Crippen molar-refractivity contribution in [2.24, 2.45) is 0 Å². The second-order valence-electron chi connectivity index (χ2n) is 4.63. The molecule has 0 aliphatic heterocycles. The average Bonchev–Trinajstić information content (AvgIpc) is 2.43. The number of amides is 1. The Kier molecular flexibility index (Phi) is 4.70. The van der Waals surface area contributed by atoms with Crippen molar-refractivity contribution in [2.45, 2.75) is 12.7 Å². The summed E-state index contributed by atoms with van der Waals surface area (Å²) in [7, 11) is -0.952. The maximum absolute atomic E-state index is 12.1. The van der Waals surface area contributed by atoms with Crippen LogP contribution in [0.25, 0.3) is 0 Å². The monoisotopic (exact) mass is 304 g/mol. The predicted octanol–water partition coefficient (Wildman–Crippen LogP) is 2.23. The number of aromatic hydroxyl groups is 1. The lowest BCUT2D eigenvalue weighted by Gasteiger charge is -2.12. The molecule has 1 aromatic carbocycles. The summed E-state index contributed by atoms with van der Waals surface area (Å²) in [4.78, 5) is 16.0. The Morgan fingerprint density at radius 2 is 2.10 bits per heavy atom. The molecule has 0 aliphatic carbocycles. The number of pyridine rings is 1. The van der Waals surface area contributed by atoms with E-state index in [9.17, 15) is 14.1 Å². The molecule has 21 heavy (non-hydrogen) atoms. The van der Waals surface area contributed by atoms with Crippen LogP contribution in [0.5, 0.6) is 5.75 Å². The van der Waals surface area contributed by atoms with Crippen molar-refractivity contribution in [1.82, 2.24) is 4.98 Å². The van der Waals surface area contributed by atoms with Gasteiger partial charge in [0.1, 0.15) is 5.75 Å². The molecular weight excluding hydrogens is 288 g/mol. The van der Waals surface area contributed by atoms with Crippen LogP contribution in [0.1, 0.15) is 21.6 Å². The van der Waals surface area contributed by atoms with Gasteiger partial charge in [-0.1, -0.05) is 12.1 Å². The molecule has 0 saturated heterocycles. The Labute approximate surface area is 125 Å². The van der Waals surface area contributed by atoms with Crippen LogP contribution in [0.2, 0.25) is 0 Å². The maximum atomic E-state index is 12.1. The Morgan fingerprint density at radius 1 is 1.33 bits per heavy atom. The molecule has 6 heteroatoms. The third-order valence-electron chi connectivity index (χ3n) is 3.05.